The van der Waals surface area contributed by atoms with E-state index in [0.717, 1.165) is 119 Å². The summed E-state index contributed by atoms with van der Waals surface area (Å²) in [6, 6.07) is 19.3. The van der Waals surface area contributed by atoms with Gasteiger partial charge in [0.15, 0.2) is 0 Å². The highest BCUT2D eigenvalue weighted by Crippen LogP contribution is 2.43. The van der Waals surface area contributed by atoms with Crippen LogP contribution in [0.4, 0.5) is 9.59 Å². The van der Waals surface area contributed by atoms with E-state index in [2.05, 4.69) is 85.8 Å². The Morgan fingerprint density at radius 2 is 1.14 bits per heavy atom. The van der Waals surface area contributed by atoms with Crippen molar-refractivity contribution in [2.45, 2.75) is 109 Å². The van der Waals surface area contributed by atoms with Crippen molar-refractivity contribution in [2.75, 3.05) is 20.8 Å². The average molecular weight is 859 g/mol. The summed E-state index contributed by atoms with van der Waals surface area (Å²) in [6.45, 7) is 8.03. The van der Waals surface area contributed by atoms with Gasteiger partial charge in [0.25, 0.3) is 0 Å². The summed E-state index contributed by atoms with van der Waals surface area (Å²) in [5, 5.41) is 11.9. The van der Waals surface area contributed by atoms with Gasteiger partial charge in [-0.15, -0.1) is 0 Å². The molecule has 2 fully saturated rings. The van der Waals surface area contributed by atoms with Crippen LogP contribution in [0.1, 0.15) is 96.4 Å². The number of aromatic amines is 2. The molecule has 0 radical (unpaired) electrons. The molecule has 5 aromatic rings. The molecule has 1 aliphatic heterocycles. The average Bonchev–Trinajstić information content (AvgIpc) is 4.11. The Kier molecular flexibility index (Phi) is 12.2. The van der Waals surface area contributed by atoms with Crippen molar-refractivity contribution < 1.29 is 33.4 Å². The molecule has 6 N–H and O–H groups in total. The number of alkyl carbamates (subject to hydrolysis) is 2. The van der Waals surface area contributed by atoms with Crippen LogP contribution in [0.25, 0.3) is 44.5 Å². The Morgan fingerprint density at radius 3 is 1.67 bits per heavy atom. The molecule has 15 nitrogen and oxygen atoms in total. The smallest absolute Gasteiger partial charge is 0.407 e. The molecule has 0 saturated heterocycles. The number of amides is 4. The lowest BCUT2D eigenvalue weighted by atomic mass is 9.94. The lowest BCUT2D eigenvalue weighted by Crippen LogP contribution is -2.55. The maximum absolute atomic E-state index is 13.7. The molecule has 15 heteroatoms. The number of aromatic nitrogens is 4. The quantitative estimate of drug-likeness (QED) is 0.0726. The fourth-order valence-electron chi connectivity index (χ4n) is 9.46. The number of ether oxygens (including phenoxy) is 3. The van der Waals surface area contributed by atoms with Gasteiger partial charge in [-0.25, -0.2) is 19.6 Å². The monoisotopic (exact) mass is 858 g/mol. The highest BCUT2D eigenvalue weighted by Gasteiger charge is 2.44. The summed E-state index contributed by atoms with van der Waals surface area (Å²) in [6.07, 6.45) is 6.11. The Hall–Kier alpha value is -6.38. The molecule has 0 spiro atoms. The molecule has 1 unspecified atom stereocenters. The molecule has 2 atom stereocenters. The van der Waals surface area contributed by atoms with Crippen molar-refractivity contribution in [3.05, 3.63) is 78.0 Å². The Morgan fingerprint density at radius 1 is 0.651 bits per heavy atom. The minimum Gasteiger partial charge on any atom is -0.492 e. The third kappa shape index (κ3) is 8.69. The van der Waals surface area contributed by atoms with Crippen LogP contribution >= 0.6 is 0 Å². The molecule has 3 aliphatic rings. The minimum absolute atomic E-state index is 0.140. The van der Waals surface area contributed by atoms with E-state index >= 15 is 0 Å². The van der Waals surface area contributed by atoms with E-state index in [9.17, 15) is 19.2 Å². The molecular formula is C48H58N8O7. The fourth-order valence-corrected chi connectivity index (χ4v) is 9.46. The van der Waals surface area contributed by atoms with Crippen LogP contribution in [-0.2, 0) is 36.6 Å². The number of nitrogens with one attached hydrogen (secondary N) is 6. The van der Waals surface area contributed by atoms with Gasteiger partial charge in [-0.3, -0.25) is 9.59 Å². The Balaban J connectivity index is 1.00. The predicted molar refractivity (Wildman–Crippen MR) is 239 cm³/mol. The largest absolute Gasteiger partial charge is 0.492 e. The van der Waals surface area contributed by atoms with Crippen LogP contribution in [-0.4, -0.2) is 76.8 Å². The van der Waals surface area contributed by atoms with Crippen LogP contribution in [0.5, 0.6) is 5.75 Å². The van der Waals surface area contributed by atoms with E-state index in [-0.39, 0.29) is 23.7 Å². The van der Waals surface area contributed by atoms with Gasteiger partial charge in [0.2, 0.25) is 11.8 Å². The summed E-state index contributed by atoms with van der Waals surface area (Å²) in [4.78, 5) is 68.6. The molecule has 2 aromatic heterocycles. The number of nitrogens with zero attached hydrogens (tertiary/aromatic N) is 2. The van der Waals surface area contributed by atoms with Crippen molar-refractivity contribution >= 4 is 35.0 Å². The van der Waals surface area contributed by atoms with Gasteiger partial charge in [-0.1, -0.05) is 89.8 Å². The summed E-state index contributed by atoms with van der Waals surface area (Å²) in [5.41, 5.74) is 7.13. The van der Waals surface area contributed by atoms with Gasteiger partial charge in [-0.2, -0.15) is 0 Å². The lowest BCUT2D eigenvalue weighted by molar-refractivity contribution is -0.127. The third-order valence-corrected chi connectivity index (χ3v) is 13.0. The van der Waals surface area contributed by atoms with Crippen LogP contribution < -0.4 is 26.0 Å². The van der Waals surface area contributed by atoms with Gasteiger partial charge in [0.1, 0.15) is 29.5 Å². The van der Waals surface area contributed by atoms with Gasteiger partial charge in [-0.05, 0) is 84.0 Å². The number of rotatable bonds is 12. The van der Waals surface area contributed by atoms with Crippen molar-refractivity contribution in [2.24, 2.45) is 11.8 Å². The van der Waals surface area contributed by atoms with Crippen molar-refractivity contribution in [1.82, 2.24) is 41.2 Å². The standard InChI is InChI=1S/C48H58N8O7/c1-27(2)38(53-45(59)61-5)41(57)55-47(20-7-8-21-47)43-49-34-18-16-31(25-36(34)51-43)29-11-13-30(14-12-29)32-15-17-33-37(26-32)63-24-19-35-40(33)52-44(50-35)48(22-9-10-23-48)56-42(58)39(28(3)4)54-46(60)62-6/h11-18,25-28,38-39H,7-10,19-24H2,1-6H3,(H,49,51)(H,50,52)(H,53,59)(H,54,60)(H,55,57)(H,56,58)/t38-,39?/m0/s1. The van der Waals surface area contributed by atoms with E-state index in [1.807, 2.05) is 33.8 Å². The summed E-state index contributed by atoms with van der Waals surface area (Å²) in [7, 11) is 2.57. The first-order valence-corrected chi connectivity index (χ1v) is 22.1. The van der Waals surface area contributed by atoms with Crippen LogP contribution in [0, 0.1) is 11.8 Å². The van der Waals surface area contributed by atoms with Crippen LogP contribution in [0.3, 0.4) is 0 Å². The predicted octanol–water partition coefficient (Wildman–Crippen LogP) is 7.75. The highest BCUT2D eigenvalue weighted by molar-refractivity contribution is 5.88. The Labute approximate surface area is 367 Å². The normalized spacial score (nSPS) is 17.2. The van der Waals surface area contributed by atoms with Gasteiger partial charge in [0, 0.05) is 17.7 Å². The lowest BCUT2D eigenvalue weighted by Gasteiger charge is -2.31. The first-order valence-electron chi connectivity index (χ1n) is 22.1. The fraction of sp³-hybridized carbons (Fsp3) is 0.458. The highest BCUT2D eigenvalue weighted by atomic mass is 16.5. The molecule has 2 aliphatic carbocycles. The van der Waals surface area contributed by atoms with E-state index in [1.54, 1.807) is 0 Å². The molecular weight excluding hydrogens is 801 g/mol. The molecule has 332 valence electrons. The first kappa shape index (κ1) is 43.3. The number of imidazole rings is 2. The number of hydrogen-bond acceptors (Lipinski definition) is 9. The molecule has 4 amide bonds. The molecule has 8 rings (SSSR count). The summed E-state index contributed by atoms with van der Waals surface area (Å²) < 4.78 is 15.9. The molecule has 63 heavy (non-hydrogen) atoms. The Bertz CT molecular complexity index is 2500. The molecule has 3 heterocycles. The zero-order valence-corrected chi connectivity index (χ0v) is 36.9. The van der Waals surface area contributed by atoms with Gasteiger partial charge in [0.05, 0.1) is 48.6 Å². The number of methoxy groups -OCH3 is 2. The summed E-state index contributed by atoms with van der Waals surface area (Å²) in [5.74, 6) is 1.38. The van der Waals surface area contributed by atoms with Crippen LogP contribution in [0.15, 0.2) is 60.7 Å². The van der Waals surface area contributed by atoms with E-state index in [1.165, 1.54) is 14.2 Å². The topological polar surface area (TPSA) is 201 Å². The number of benzene rings is 3. The second-order valence-electron chi connectivity index (χ2n) is 17.9. The van der Waals surface area contributed by atoms with Crippen LogP contribution in [0.2, 0.25) is 0 Å². The van der Waals surface area contributed by atoms with Gasteiger partial charge < -0.3 is 45.4 Å². The molecule has 2 saturated carbocycles. The van der Waals surface area contributed by atoms with Crippen molar-refractivity contribution in [1.29, 1.82) is 0 Å². The van der Waals surface area contributed by atoms with E-state index < -0.39 is 35.3 Å². The van der Waals surface area contributed by atoms with E-state index in [4.69, 9.17) is 24.2 Å². The molecule has 0 bridgehead atoms. The number of hydrogen-bond donors (Lipinski definition) is 6. The number of carbonyl (C=O) groups excluding carboxylic acids is 4. The first-order chi connectivity index (χ1) is 30.3. The maximum atomic E-state index is 13.7. The summed E-state index contributed by atoms with van der Waals surface area (Å²) >= 11 is 0. The second kappa shape index (κ2) is 17.8. The number of H-pyrrole nitrogens is 2. The van der Waals surface area contributed by atoms with Gasteiger partial charge >= 0.3 is 12.2 Å². The SMILES string of the molecule is COC(=O)NC(C(=O)NC1(c2nc3c([nH]2)CCOc2cc(-c4ccc(-c5ccc6nc(C7(NC(=O)[C@@H](NC(=O)OC)C(C)C)CCCC7)[nH]c6c5)cc4)ccc2-3)CCCC1)C(C)C. The van der Waals surface area contributed by atoms with E-state index in [0.29, 0.717) is 13.0 Å². The molecule has 3 aromatic carbocycles. The number of carbonyl (C=O) groups is 4. The second-order valence-corrected chi connectivity index (χ2v) is 17.9. The maximum Gasteiger partial charge on any atom is 0.407 e. The van der Waals surface area contributed by atoms with Crippen molar-refractivity contribution in [3.63, 3.8) is 0 Å². The van der Waals surface area contributed by atoms with Crippen molar-refractivity contribution in [3.8, 4) is 39.3 Å². The third-order valence-electron chi connectivity index (χ3n) is 13.0. The zero-order valence-electron chi connectivity index (χ0n) is 36.9. The zero-order chi connectivity index (χ0) is 44.5. The number of fused-ring (bicyclic) bond motifs is 4. The minimum atomic E-state index is -0.752.